The van der Waals surface area contributed by atoms with Gasteiger partial charge in [0.05, 0.1) is 5.39 Å². The van der Waals surface area contributed by atoms with Gasteiger partial charge in [0.25, 0.3) is 0 Å². The molecule has 0 rings (SSSR count). The molecular weight excluding hydrogens is 76.0 g/mol. The smallest absolute Gasteiger partial charge is 0.0685 e. The number of nitrogens with zero attached hydrogens (tertiary/aromatic N) is 1. The molecule has 0 saturated heterocycles. The van der Waals surface area contributed by atoms with Crippen molar-refractivity contribution < 1.29 is 15.6 Å². The van der Waals surface area contributed by atoms with Gasteiger partial charge < -0.3 is 6.15 Å². The largest absolute Gasteiger partial charge is 0.344 e. The minimum atomic E-state index is -1.00. The van der Waals surface area contributed by atoms with Crippen molar-refractivity contribution in [2.45, 2.75) is 0 Å². The van der Waals surface area contributed by atoms with Crippen LogP contribution in [0.5, 0.6) is 0 Å². The van der Waals surface area contributed by atoms with Crippen LogP contribution in [0.2, 0.25) is 0 Å². The Labute approximate surface area is 28.5 Å². The van der Waals surface area contributed by atoms with Gasteiger partial charge in [0.15, 0.2) is 0 Å². The average Bonchev–Trinajstić information content (AvgIpc) is 0.811. The SMILES string of the molecule is N.ON(O)O. The summed E-state index contributed by atoms with van der Waals surface area (Å²) in [5.74, 6) is 0. The summed E-state index contributed by atoms with van der Waals surface area (Å²) in [5.41, 5.74) is 0. The summed E-state index contributed by atoms with van der Waals surface area (Å²) in [6.45, 7) is 0. The first-order valence-corrected chi connectivity index (χ1v) is 0.600. The Balaban J connectivity index is 0. The van der Waals surface area contributed by atoms with Crippen LogP contribution >= 0.6 is 0 Å². The Morgan fingerprint density at radius 3 is 1.00 bits per heavy atom. The van der Waals surface area contributed by atoms with Crippen LogP contribution in [0.15, 0.2) is 0 Å². The van der Waals surface area contributed by atoms with Crippen LogP contribution < -0.4 is 6.15 Å². The Bertz CT molecular complexity index is 9.61. The third-order valence-electron chi connectivity index (χ3n) is 0. The zero-order valence-corrected chi connectivity index (χ0v) is 2.50. The highest BCUT2D eigenvalue weighted by Crippen LogP contribution is 1.43. The van der Waals surface area contributed by atoms with E-state index in [1.165, 1.54) is 0 Å². The summed E-state index contributed by atoms with van der Waals surface area (Å²) in [5, 5.41) is 20.0. The van der Waals surface area contributed by atoms with Gasteiger partial charge in [0.1, 0.15) is 0 Å². The Morgan fingerprint density at radius 1 is 1.00 bits per heavy atom. The van der Waals surface area contributed by atoms with E-state index in [4.69, 9.17) is 15.6 Å². The predicted molar refractivity (Wildman–Crippen MR) is 12.2 cm³/mol. The fourth-order valence-corrected chi connectivity index (χ4v) is 0. The molecule has 0 radical (unpaired) electrons. The van der Waals surface area contributed by atoms with E-state index in [1.807, 2.05) is 0 Å². The Hall–Kier alpha value is -0.200. The minimum absolute atomic E-state index is 0. The van der Waals surface area contributed by atoms with Gasteiger partial charge in [-0.25, -0.2) is 0 Å². The van der Waals surface area contributed by atoms with Crippen LogP contribution in [0.1, 0.15) is 0 Å². The molecule has 6 N–H and O–H groups in total. The second-order valence-corrected chi connectivity index (χ2v) is 0.268. The van der Waals surface area contributed by atoms with Crippen LogP contribution in [-0.2, 0) is 0 Å². The maximum atomic E-state index is 7.00. The van der Waals surface area contributed by atoms with Crippen molar-refractivity contribution in [3.63, 3.8) is 0 Å². The molecule has 0 aromatic heterocycles. The standard InChI is InChI=1S/H3NO3.H3N/c2-1(3)4;/h2-4H;1H3. The van der Waals surface area contributed by atoms with E-state index in [-0.39, 0.29) is 6.15 Å². The first kappa shape index (κ1) is 8.84. The fourth-order valence-electron chi connectivity index (χ4n) is 0. The Morgan fingerprint density at radius 2 is 1.00 bits per heavy atom. The number of hydrogen-bond acceptors (Lipinski definition) is 5. The van der Waals surface area contributed by atoms with Crippen molar-refractivity contribution in [1.82, 2.24) is 11.5 Å². The predicted octanol–water partition coefficient (Wildman–Crippen LogP) is -0.382. The third kappa shape index (κ3) is 308. The summed E-state index contributed by atoms with van der Waals surface area (Å²) in [6.07, 6.45) is 0. The third-order valence-corrected chi connectivity index (χ3v) is 0. The van der Waals surface area contributed by atoms with Gasteiger partial charge in [0, 0.05) is 0 Å². The van der Waals surface area contributed by atoms with Gasteiger partial charge in [-0.15, -0.1) is 0 Å². The highest BCUT2D eigenvalue weighted by molar-refractivity contribution is 3.14. The number of rotatable bonds is 0. The molecule has 0 aromatic rings. The first-order chi connectivity index (χ1) is 1.73. The quantitative estimate of drug-likeness (QED) is 0.298. The van der Waals surface area contributed by atoms with Crippen molar-refractivity contribution in [2.75, 3.05) is 0 Å². The molecule has 34 valence electrons. The highest BCUT2D eigenvalue weighted by Gasteiger charge is 1.64. The lowest BCUT2D eigenvalue weighted by atomic mass is 13.0. The van der Waals surface area contributed by atoms with Gasteiger partial charge >= 0.3 is 0 Å². The van der Waals surface area contributed by atoms with Gasteiger partial charge in [-0.3, -0.25) is 15.6 Å². The van der Waals surface area contributed by atoms with E-state index < -0.39 is 5.39 Å². The molecule has 0 bridgehead atoms. The molecule has 0 aliphatic heterocycles. The molecule has 5 heavy (non-hydrogen) atoms. The molecule has 0 fully saturated rings. The highest BCUT2D eigenvalue weighted by atomic mass is 17.0. The monoisotopic (exact) mass is 82.0 g/mol. The van der Waals surface area contributed by atoms with E-state index in [0.717, 1.165) is 0 Å². The molecule has 0 heterocycles. The van der Waals surface area contributed by atoms with E-state index in [2.05, 4.69) is 0 Å². The molecular formula is H6N2O3. The normalized spacial score (nSPS) is 7.20. The second kappa shape index (κ2) is 3.80. The van der Waals surface area contributed by atoms with Crippen molar-refractivity contribution >= 4 is 0 Å². The Kier molecular flexibility index (Phi) is 6.72. The molecule has 0 unspecified atom stereocenters. The molecule has 5 heteroatoms. The van der Waals surface area contributed by atoms with E-state index in [1.54, 1.807) is 0 Å². The summed E-state index contributed by atoms with van der Waals surface area (Å²) >= 11 is 0. The van der Waals surface area contributed by atoms with Crippen LogP contribution in [-0.4, -0.2) is 21.0 Å². The van der Waals surface area contributed by atoms with Crippen LogP contribution in [0.4, 0.5) is 0 Å². The zero-order valence-electron chi connectivity index (χ0n) is 2.50. The van der Waals surface area contributed by atoms with E-state index in [9.17, 15) is 0 Å². The maximum absolute atomic E-state index is 7.00. The van der Waals surface area contributed by atoms with Crippen molar-refractivity contribution in [3.8, 4) is 0 Å². The number of hydrogen-bond donors (Lipinski definition) is 4. The lowest BCUT2D eigenvalue weighted by molar-refractivity contribution is -0.472. The van der Waals surface area contributed by atoms with E-state index in [0.29, 0.717) is 0 Å². The van der Waals surface area contributed by atoms with Crippen LogP contribution in [0.3, 0.4) is 0 Å². The van der Waals surface area contributed by atoms with Gasteiger partial charge in [-0.2, -0.15) is 0 Å². The summed E-state index contributed by atoms with van der Waals surface area (Å²) in [6, 6.07) is 0. The molecule has 0 spiro atoms. The van der Waals surface area contributed by atoms with Crippen LogP contribution in [0.25, 0.3) is 0 Å². The van der Waals surface area contributed by atoms with Crippen LogP contribution in [0, 0.1) is 0 Å². The molecule has 0 atom stereocenters. The fraction of sp³-hybridized carbons (Fsp3) is 0. The molecule has 0 aliphatic rings. The average molecular weight is 82.1 g/mol. The summed E-state index contributed by atoms with van der Waals surface area (Å²) < 4.78 is 0. The zero-order chi connectivity index (χ0) is 3.58. The lowest BCUT2D eigenvalue weighted by Gasteiger charge is -1.84. The summed E-state index contributed by atoms with van der Waals surface area (Å²) in [4.78, 5) is 0. The maximum Gasteiger partial charge on any atom is 0.0685 e. The van der Waals surface area contributed by atoms with Crippen molar-refractivity contribution in [3.05, 3.63) is 0 Å². The van der Waals surface area contributed by atoms with Crippen molar-refractivity contribution in [1.29, 1.82) is 0 Å². The second-order valence-electron chi connectivity index (χ2n) is 0.268. The molecule has 5 nitrogen and oxygen atoms in total. The van der Waals surface area contributed by atoms with Crippen molar-refractivity contribution in [2.24, 2.45) is 0 Å². The minimum Gasteiger partial charge on any atom is -0.344 e. The van der Waals surface area contributed by atoms with Gasteiger partial charge in [-0.05, 0) is 0 Å². The molecule has 0 aromatic carbocycles. The van der Waals surface area contributed by atoms with Gasteiger partial charge in [0.2, 0.25) is 0 Å². The topological polar surface area (TPSA) is 98.9 Å². The first-order valence-electron chi connectivity index (χ1n) is 0.600. The van der Waals surface area contributed by atoms with E-state index >= 15 is 0 Å². The van der Waals surface area contributed by atoms with Gasteiger partial charge in [-0.1, -0.05) is 0 Å². The molecule has 0 amide bonds. The summed E-state index contributed by atoms with van der Waals surface area (Å²) in [7, 11) is 0. The molecule has 0 aliphatic carbocycles. The lowest BCUT2D eigenvalue weighted by Crippen LogP contribution is -2.04. The molecule has 0 saturated carbocycles.